The van der Waals surface area contributed by atoms with E-state index in [1.807, 2.05) is 18.5 Å². The van der Waals surface area contributed by atoms with Gasteiger partial charge >= 0.3 is 0 Å². The summed E-state index contributed by atoms with van der Waals surface area (Å²) in [5.74, 6) is 0.997. The fraction of sp³-hybridized carbons (Fsp3) is 0.179. The van der Waals surface area contributed by atoms with E-state index in [2.05, 4.69) is 94.8 Å². The van der Waals surface area contributed by atoms with Gasteiger partial charge in [-0.05, 0) is 35.2 Å². The molecule has 0 saturated heterocycles. The van der Waals surface area contributed by atoms with E-state index in [4.69, 9.17) is 4.74 Å². The third kappa shape index (κ3) is 4.52. The summed E-state index contributed by atoms with van der Waals surface area (Å²) in [5.41, 5.74) is 6.28. The van der Waals surface area contributed by atoms with E-state index in [-0.39, 0.29) is 0 Å². The first kappa shape index (κ1) is 19.5. The molecule has 0 bridgehead atoms. The van der Waals surface area contributed by atoms with Gasteiger partial charge in [-0.15, -0.1) is 0 Å². The van der Waals surface area contributed by atoms with Crippen LogP contribution in [0, 0.1) is 0 Å². The van der Waals surface area contributed by atoms with Crippen molar-refractivity contribution >= 4 is 0 Å². The monoisotopic (exact) mass is 406 g/mol. The molecule has 1 atom stereocenters. The molecule has 31 heavy (non-hydrogen) atoms. The number of nitrogens with zero attached hydrogens (tertiary/aromatic N) is 2. The van der Waals surface area contributed by atoms with Crippen molar-refractivity contribution in [1.29, 1.82) is 0 Å². The van der Waals surface area contributed by atoms with E-state index in [1.54, 1.807) is 0 Å². The van der Waals surface area contributed by atoms with Crippen LogP contribution in [0.3, 0.4) is 0 Å². The summed E-state index contributed by atoms with van der Waals surface area (Å²) in [6, 6.07) is 32.2. The molecule has 3 nitrogen and oxygen atoms in total. The van der Waals surface area contributed by atoms with Gasteiger partial charge in [-0.3, -0.25) is 9.88 Å². The second-order valence-corrected chi connectivity index (χ2v) is 8.07. The molecule has 1 aromatic heterocycles. The van der Waals surface area contributed by atoms with Gasteiger partial charge in [0.15, 0.2) is 0 Å². The summed E-state index contributed by atoms with van der Waals surface area (Å²) in [4.78, 5) is 6.87. The highest BCUT2D eigenvalue weighted by molar-refractivity contribution is 5.69. The smallest absolute Gasteiger partial charge is 0.123 e. The molecule has 3 heteroatoms. The van der Waals surface area contributed by atoms with Crippen LogP contribution in [0.25, 0.3) is 11.1 Å². The Kier molecular flexibility index (Phi) is 5.76. The van der Waals surface area contributed by atoms with Crippen molar-refractivity contribution in [3.05, 3.63) is 120 Å². The van der Waals surface area contributed by atoms with Crippen molar-refractivity contribution < 1.29 is 4.74 Å². The Morgan fingerprint density at radius 1 is 0.774 bits per heavy atom. The van der Waals surface area contributed by atoms with Crippen molar-refractivity contribution in [1.82, 2.24) is 9.88 Å². The molecule has 0 radical (unpaired) electrons. The molecule has 1 aliphatic rings. The fourth-order valence-electron chi connectivity index (χ4n) is 4.37. The minimum Gasteiger partial charge on any atom is -0.492 e. The van der Waals surface area contributed by atoms with Gasteiger partial charge in [0.2, 0.25) is 0 Å². The number of fused-ring (bicyclic) bond motifs is 1. The van der Waals surface area contributed by atoms with Gasteiger partial charge in [0.05, 0.1) is 0 Å². The molecule has 0 fully saturated rings. The number of pyridine rings is 1. The predicted molar refractivity (Wildman–Crippen MR) is 125 cm³/mol. The number of aromatic nitrogens is 1. The van der Waals surface area contributed by atoms with Crippen molar-refractivity contribution in [3.8, 4) is 16.9 Å². The Morgan fingerprint density at radius 2 is 1.48 bits per heavy atom. The van der Waals surface area contributed by atoms with Gasteiger partial charge in [-0.25, -0.2) is 0 Å². The Balaban J connectivity index is 1.46. The van der Waals surface area contributed by atoms with Gasteiger partial charge in [0.1, 0.15) is 12.4 Å². The van der Waals surface area contributed by atoms with Crippen LogP contribution < -0.4 is 4.74 Å². The number of benzene rings is 3. The zero-order valence-corrected chi connectivity index (χ0v) is 17.5. The highest BCUT2D eigenvalue weighted by Gasteiger charge is 2.27. The van der Waals surface area contributed by atoms with Gasteiger partial charge in [-0.2, -0.15) is 0 Å². The summed E-state index contributed by atoms with van der Waals surface area (Å²) in [6.07, 6.45) is 4.71. The fourth-order valence-corrected chi connectivity index (χ4v) is 4.37. The van der Waals surface area contributed by atoms with E-state index >= 15 is 0 Å². The first-order chi connectivity index (χ1) is 15.4. The SMILES string of the molecule is c1ccc(CN(Cc2ccccc2)[C@@H]2COc3cccc(-c4cccnc4)c3C2)cc1. The van der Waals surface area contributed by atoms with E-state index in [1.165, 1.54) is 22.3 Å². The zero-order valence-electron chi connectivity index (χ0n) is 17.5. The highest BCUT2D eigenvalue weighted by atomic mass is 16.5. The van der Waals surface area contributed by atoms with E-state index in [9.17, 15) is 0 Å². The Labute approximate surface area is 184 Å². The van der Waals surface area contributed by atoms with E-state index in [0.29, 0.717) is 12.6 Å². The van der Waals surface area contributed by atoms with Crippen LogP contribution >= 0.6 is 0 Å². The quantitative estimate of drug-likeness (QED) is 0.407. The average Bonchev–Trinajstić information content (AvgIpc) is 2.85. The lowest BCUT2D eigenvalue weighted by Gasteiger charge is -2.36. The standard InChI is InChI=1S/C28H26N2O/c1-3-9-22(10-4-1)19-30(20-23-11-5-2-6-12-23)25-17-27-26(24-13-8-16-29-18-24)14-7-15-28(27)31-21-25/h1-16,18,25H,17,19-21H2/t25-/m0/s1. The molecular formula is C28H26N2O. The summed E-state index contributed by atoms with van der Waals surface area (Å²) in [7, 11) is 0. The lowest BCUT2D eigenvalue weighted by molar-refractivity contribution is 0.106. The average molecular weight is 407 g/mol. The maximum atomic E-state index is 6.29. The molecule has 2 heterocycles. The van der Waals surface area contributed by atoms with Crippen LogP contribution in [0.4, 0.5) is 0 Å². The number of ether oxygens (including phenoxy) is 1. The third-order valence-corrected chi connectivity index (χ3v) is 5.95. The van der Waals surface area contributed by atoms with Gasteiger partial charge in [-0.1, -0.05) is 78.9 Å². The van der Waals surface area contributed by atoms with Crippen LogP contribution in [0.1, 0.15) is 16.7 Å². The largest absolute Gasteiger partial charge is 0.492 e. The molecule has 4 aromatic rings. The molecular weight excluding hydrogens is 380 g/mol. The predicted octanol–water partition coefficient (Wildman–Crippen LogP) is 5.75. The van der Waals surface area contributed by atoms with Crippen molar-refractivity contribution in [2.24, 2.45) is 0 Å². The summed E-state index contributed by atoms with van der Waals surface area (Å²) >= 11 is 0. The van der Waals surface area contributed by atoms with E-state index in [0.717, 1.165) is 30.8 Å². The van der Waals surface area contributed by atoms with Crippen molar-refractivity contribution in [3.63, 3.8) is 0 Å². The Hall–Kier alpha value is -3.43. The lowest BCUT2D eigenvalue weighted by Crippen LogP contribution is -2.42. The van der Waals surface area contributed by atoms with Gasteiger partial charge < -0.3 is 4.74 Å². The Bertz CT molecular complexity index is 1070. The minimum atomic E-state index is 0.297. The van der Waals surface area contributed by atoms with Gasteiger partial charge in [0, 0.05) is 42.7 Å². The number of hydrogen-bond donors (Lipinski definition) is 0. The lowest BCUT2D eigenvalue weighted by atomic mass is 9.92. The molecule has 0 aliphatic carbocycles. The molecule has 5 rings (SSSR count). The van der Waals surface area contributed by atoms with Crippen molar-refractivity contribution in [2.75, 3.05) is 6.61 Å². The molecule has 1 aliphatic heterocycles. The van der Waals surface area contributed by atoms with Crippen LogP contribution in [0.15, 0.2) is 103 Å². The van der Waals surface area contributed by atoms with E-state index < -0.39 is 0 Å². The molecule has 0 N–H and O–H groups in total. The maximum absolute atomic E-state index is 6.29. The third-order valence-electron chi connectivity index (χ3n) is 5.95. The molecule has 0 spiro atoms. The zero-order chi connectivity index (χ0) is 20.9. The number of hydrogen-bond acceptors (Lipinski definition) is 3. The molecule has 0 amide bonds. The summed E-state index contributed by atoms with van der Waals surface area (Å²) in [6.45, 7) is 2.49. The highest BCUT2D eigenvalue weighted by Crippen LogP contribution is 2.35. The number of rotatable bonds is 6. The van der Waals surface area contributed by atoms with Crippen molar-refractivity contribution in [2.45, 2.75) is 25.6 Å². The summed E-state index contributed by atoms with van der Waals surface area (Å²) < 4.78 is 6.29. The minimum absolute atomic E-state index is 0.297. The summed E-state index contributed by atoms with van der Waals surface area (Å²) in [5, 5.41) is 0. The van der Waals surface area contributed by atoms with Crippen LogP contribution in [-0.4, -0.2) is 22.5 Å². The Morgan fingerprint density at radius 3 is 2.13 bits per heavy atom. The van der Waals surface area contributed by atoms with Gasteiger partial charge in [0.25, 0.3) is 0 Å². The van der Waals surface area contributed by atoms with Crippen LogP contribution in [0.5, 0.6) is 5.75 Å². The molecule has 3 aromatic carbocycles. The van der Waals surface area contributed by atoms with Crippen LogP contribution in [-0.2, 0) is 19.5 Å². The van der Waals surface area contributed by atoms with Crippen LogP contribution in [0.2, 0.25) is 0 Å². The topological polar surface area (TPSA) is 25.4 Å². The molecule has 0 unspecified atom stereocenters. The molecule has 0 saturated carbocycles. The first-order valence-corrected chi connectivity index (χ1v) is 10.8. The second kappa shape index (κ2) is 9.15. The molecule has 154 valence electrons. The first-order valence-electron chi connectivity index (χ1n) is 10.8. The normalized spacial score (nSPS) is 15.3. The second-order valence-electron chi connectivity index (χ2n) is 8.07. The maximum Gasteiger partial charge on any atom is 0.123 e.